The normalized spacial score (nSPS) is 10.7. The van der Waals surface area contributed by atoms with Crippen LogP contribution in [0.3, 0.4) is 0 Å². The van der Waals surface area contributed by atoms with Gasteiger partial charge in [0.1, 0.15) is 23.1 Å². The molecule has 3 heterocycles. The third-order valence-electron chi connectivity index (χ3n) is 5.81. The van der Waals surface area contributed by atoms with Crippen molar-refractivity contribution in [3.05, 3.63) is 107 Å². The SMILES string of the molecule is CCc1cc(C#N)nc(F)c1Nc1cc2c(ncn2C)c(N=C(c2ccccc2)c2ccccc2)n1. The van der Waals surface area contributed by atoms with Crippen LogP contribution in [0.5, 0.6) is 0 Å². The fourth-order valence-electron chi connectivity index (χ4n) is 4.01. The van der Waals surface area contributed by atoms with Gasteiger partial charge in [0.25, 0.3) is 0 Å². The highest BCUT2D eigenvalue weighted by molar-refractivity contribution is 6.14. The Kier molecular flexibility index (Phi) is 6.20. The predicted octanol–water partition coefficient (Wildman–Crippen LogP) is 5.85. The lowest BCUT2D eigenvalue weighted by Crippen LogP contribution is -2.05. The van der Waals surface area contributed by atoms with Gasteiger partial charge in [-0.1, -0.05) is 67.6 Å². The summed E-state index contributed by atoms with van der Waals surface area (Å²) in [5.41, 5.74) is 4.87. The summed E-state index contributed by atoms with van der Waals surface area (Å²) in [6.07, 6.45) is 2.21. The van der Waals surface area contributed by atoms with Crippen LogP contribution in [0.15, 0.2) is 84.1 Å². The molecule has 3 aromatic heterocycles. The number of hydrogen-bond donors (Lipinski definition) is 1. The molecule has 0 unspecified atom stereocenters. The Morgan fingerprint density at radius 2 is 1.69 bits per heavy atom. The molecule has 0 aliphatic carbocycles. The molecule has 8 heteroatoms. The Bertz CT molecular complexity index is 1580. The zero-order valence-electron chi connectivity index (χ0n) is 19.8. The van der Waals surface area contributed by atoms with E-state index in [4.69, 9.17) is 15.2 Å². The fourth-order valence-corrected chi connectivity index (χ4v) is 4.01. The van der Waals surface area contributed by atoms with Crippen LogP contribution in [0.4, 0.5) is 21.7 Å². The van der Waals surface area contributed by atoms with Gasteiger partial charge in [0.2, 0.25) is 5.95 Å². The van der Waals surface area contributed by atoms with Crippen molar-refractivity contribution in [2.24, 2.45) is 12.0 Å². The average Bonchev–Trinajstić information content (AvgIpc) is 3.29. The number of pyridine rings is 2. The molecule has 0 aliphatic rings. The van der Waals surface area contributed by atoms with Gasteiger partial charge in [-0.15, -0.1) is 0 Å². The quantitative estimate of drug-likeness (QED) is 0.246. The lowest BCUT2D eigenvalue weighted by atomic mass is 10.0. The molecule has 7 nitrogen and oxygen atoms in total. The Morgan fingerprint density at radius 3 is 2.31 bits per heavy atom. The van der Waals surface area contributed by atoms with Gasteiger partial charge in [-0.05, 0) is 18.1 Å². The molecule has 2 aromatic carbocycles. The molecule has 5 aromatic rings. The molecular formula is C28H22FN7. The Morgan fingerprint density at radius 1 is 1.03 bits per heavy atom. The number of nitriles is 1. The Hall–Kier alpha value is -4.90. The van der Waals surface area contributed by atoms with E-state index in [2.05, 4.69) is 15.3 Å². The minimum atomic E-state index is -0.753. The maximum Gasteiger partial charge on any atom is 0.238 e. The van der Waals surface area contributed by atoms with E-state index in [0.717, 1.165) is 22.4 Å². The standard InChI is InChI=1S/C28H22FN7/c1-3-18-14-21(16-30)32-27(29)25(18)33-23-15-22-26(31-17-36(22)2)28(34-23)35-24(19-10-6-4-7-11-19)20-12-8-5-9-13-20/h4-15,17H,3H2,1-2H3,(H,33,34). The van der Waals surface area contributed by atoms with Gasteiger partial charge in [0.05, 0.1) is 23.2 Å². The highest BCUT2D eigenvalue weighted by Crippen LogP contribution is 2.30. The third-order valence-corrected chi connectivity index (χ3v) is 5.81. The molecule has 1 N–H and O–H groups in total. The molecular weight excluding hydrogens is 453 g/mol. The summed E-state index contributed by atoms with van der Waals surface area (Å²) < 4.78 is 16.7. The van der Waals surface area contributed by atoms with Gasteiger partial charge in [-0.25, -0.2) is 19.9 Å². The minimum Gasteiger partial charge on any atom is -0.336 e. The first-order chi connectivity index (χ1) is 17.6. The molecule has 0 saturated heterocycles. The van der Waals surface area contributed by atoms with Crippen LogP contribution in [0.1, 0.15) is 29.3 Å². The molecule has 0 atom stereocenters. The number of halogens is 1. The van der Waals surface area contributed by atoms with Crippen LogP contribution in [0.2, 0.25) is 0 Å². The maximum absolute atomic E-state index is 14.9. The van der Waals surface area contributed by atoms with Gasteiger partial charge >= 0.3 is 0 Å². The monoisotopic (exact) mass is 475 g/mol. The van der Waals surface area contributed by atoms with Crippen LogP contribution in [0.25, 0.3) is 11.0 Å². The third kappa shape index (κ3) is 4.42. The zero-order chi connectivity index (χ0) is 25.1. The van der Waals surface area contributed by atoms with E-state index < -0.39 is 5.95 Å². The number of fused-ring (bicyclic) bond motifs is 1. The summed E-state index contributed by atoms with van der Waals surface area (Å²) >= 11 is 0. The highest BCUT2D eigenvalue weighted by atomic mass is 19.1. The Balaban J connectivity index is 1.69. The fraction of sp³-hybridized carbons (Fsp3) is 0.107. The molecule has 0 aliphatic heterocycles. The van der Waals surface area contributed by atoms with Crippen molar-refractivity contribution >= 4 is 34.1 Å². The van der Waals surface area contributed by atoms with Crippen molar-refractivity contribution in [2.75, 3.05) is 5.32 Å². The van der Waals surface area contributed by atoms with E-state index in [1.54, 1.807) is 18.5 Å². The zero-order valence-corrected chi connectivity index (χ0v) is 19.8. The van der Waals surface area contributed by atoms with Crippen molar-refractivity contribution in [3.63, 3.8) is 0 Å². The van der Waals surface area contributed by atoms with Gasteiger partial charge in [-0.3, -0.25) is 0 Å². The number of hydrogen-bond acceptors (Lipinski definition) is 6. The molecule has 176 valence electrons. The van der Waals surface area contributed by atoms with E-state index in [0.29, 0.717) is 29.1 Å². The molecule has 36 heavy (non-hydrogen) atoms. The van der Waals surface area contributed by atoms with Gasteiger partial charge in [-0.2, -0.15) is 9.65 Å². The molecule has 0 spiro atoms. The average molecular weight is 476 g/mol. The van der Waals surface area contributed by atoms with Crippen LogP contribution in [-0.2, 0) is 13.5 Å². The molecule has 0 bridgehead atoms. The van der Waals surface area contributed by atoms with Crippen molar-refractivity contribution in [1.82, 2.24) is 19.5 Å². The van der Waals surface area contributed by atoms with Crippen LogP contribution < -0.4 is 5.32 Å². The summed E-state index contributed by atoms with van der Waals surface area (Å²) in [6.45, 7) is 1.89. The smallest absolute Gasteiger partial charge is 0.238 e. The number of nitrogens with zero attached hydrogens (tertiary/aromatic N) is 6. The van der Waals surface area contributed by atoms with Crippen molar-refractivity contribution in [1.29, 1.82) is 5.26 Å². The number of imidazole rings is 1. The maximum atomic E-state index is 14.9. The number of aliphatic imine (C=N–C) groups is 1. The Labute approximate surface area is 207 Å². The first-order valence-corrected chi connectivity index (χ1v) is 11.5. The number of rotatable bonds is 6. The summed E-state index contributed by atoms with van der Waals surface area (Å²) in [5, 5.41) is 12.2. The second kappa shape index (κ2) is 9.76. The van der Waals surface area contributed by atoms with E-state index in [1.807, 2.05) is 85.3 Å². The lowest BCUT2D eigenvalue weighted by molar-refractivity contribution is 0.584. The molecule has 0 saturated carbocycles. The van der Waals surface area contributed by atoms with E-state index in [1.165, 1.54) is 0 Å². The molecule has 0 radical (unpaired) electrons. The van der Waals surface area contributed by atoms with Crippen molar-refractivity contribution in [2.45, 2.75) is 13.3 Å². The number of nitrogens with one attached hydrogen (secondary N) is 1. The number of benzene rings is 2. The largest absolute Gasteiger partial charge is 0.336 e. The molecule has 0 amide bonds. The van der Waals surface area contributed by atoms with Crippen molar-refractivity contribution < 1.29 is 4.39 Å². The number of aromatic nitrogens is 4. The van der Waals surface area contributed by atoms with E-state index in [9.17, 15) is 4.39 Å². The van der Waals surface area contributed by atoms with Crippen LogP contribution >= 0.6 is 0 Å². The first kappa shape index (κ1) is 22.9. The predicted molar refractivity (Wildman–Crippen MR) is 138 cm³/mol. The van der Waals surface area contributed by atoms with Gasteiger partial charge in [0, 0.05) is 24.2 Å². The summed E-state index contributed by atoms with van der Waals surface area (Å²) in [5.74, 6) is 0.0425. The highest BCUT2D eigenvalue weighted by Gasteiger charge is 2.17. The summed E-state index contributed by atoms with van der Waals surface area (Å²) in [4.78, 5) is 18.0. The lowest BCUT2D eigenvalue weighted by Gasteiger charge is -2.13. The van der Waals surface area contributed by atoms with Crippen LogP contribution in [0, 0.1) is 17.3 Å². The van der Waals surface area contributed by atoms with E-state index >= 15 is 0 Å². The molecule has 0 fully saturated rings. The minimum absolute atomic E-state index is 0.0330. The van der Waals surface area contributed by atoms with E-state index in [-0.39, 0.29) is 11.4 Å². The van der Waals surface area contributed by atoms with Gasteiger partial charge < -0.3 is 9.88 Å². The van der Waals surface area contributed by atoms with Crippen LogP contribution in [-0.4, -0.2) is 25.2 Å². The second-order valence-corrected chi connectivity index (χ2v) is 8.17. The summed E-state index contributed by atoms with van der Waals surface area (Å²) in [7, 11) is 1.88. The van der Waals surface area contributed by atoms with Crippen molar-refractivity contribution in [3.8, 4) is 6.07 Å². The topological polar surface area (TPSA) is 91.8 Å². The number of anilines is 2. The number of aryl methyl sites for hydroxylation is 2. The first-order valence-electron chi connectivity index (χ1n) is 11.5. The van der Waals surface area contributed by atoms with Gasteiger partial charge in [0.15, 0.2) is 5.82 Å². The molecule has 5 rings (SSSR count). The summed E-state index contributed by atoms with van der Waals surface area (Å²) in [6, 6.07) is 25.0. The second-order valence-electron chi connectivity index (χ2n) is 8.17.